The lowest BCUT2D eigenvalue weighted by Gasteiger charge is -2.11. The molecule has 0 atom stereocenters. The average molecular weight is 397 g/mol. The van der Waals surface area contributed by atoms with Crippen molar-refractivity contribution in [2.75, 3.05) is 6.61 Å². The number of ether oxygens (including phenoxy) is 1. The van der Waals surface area contributed by atoms with Gasteiger partial charge in [0, 0.05) is 23.3 Å². The number of esters is 1. The lowest BCUT2D eigenvalue weighted by molar-refractivity contribution is 0.0515. The van der Waals surface area contributed by atoms with Crippen molar-refractivity contribution in [1.82, 2.24) is 4.57 Å². The Morgan fingerprint density at radius 3 is 2.60 bits per heavy atom. The Labute approximate surface area is 161 Å². The molecule has 3 aromatic rings. The average Bonchev–Trinajstić information content (AvgIpc) is 2.97. The van der Waals surface area contributed by atoms with Crippen molar-refractivity contribution in [1.29, 1.82) is 0 Å². The number of rotatable bonds is 5. The summed E-state index contributed by atoms with van der Waals surface area (Å²) in [6.45, 7) is 2.57. The van der Waals surface area contributed by atoms with E-state index in [1.807, 2.05) is 34.9 Å². The van der Waals surface area contributed by atoms with Gasteiger partial charge in [0.2, 0.25) is 0 Å². The van der Waals surface area contributed by atoms with Crippen LogP contribution < -0.4 is 0 Å². The summed E-state index contributed by atoms with van der Waals surface area (Å²) in [6.07, 6.45) is 0. The minimum absolute atomic E-state index is 0.315. The van der Waals surface area contributed by atoms with Crippen LogP contribution in [-0.2, 0) is 17.2 Å². The zero-order chi connectivity index (χ0) is 18.0. The van der Waals surface area contributed by atoms with Gasteiger partial charge in [-0.3, -0.25) is 0 Å². The number of alkyl halides is 1. The standard InChI is InChI=1S/C19H16Cl3NO2/c1-2-25-19(24)18-9-14-13(10-20)4-3-5-17(14)23(18)11-12-6-7-15(21)16(22)8-12/h3-9H,2,10-11H2,1H3. The van der Waals surface area contributed by atoms with E-state index in [1.54, 1.807) is 19.1 Å². The third kappa shape index (κ3) is 3.64. The minimum Gasteiger partial charge on any atom is -0.461 e. The Morgan fingerprint density at radius 1 is 1.12 bits per heavy atom. The summed E-state index contributed by atoms with van der Waals surface area (Å²) < 4.78 is 7.13. The van der Waals surface area contributed by atoms with Crippen LogP contribution >= 0.6 is 34.8 Å². The molecule has 0 radical (unpaired) electrons. The highest BCUT2D eigenvalue weighted by Crippen LogP contribution is 2.28. The number of hydrogen-bond donors (Lipinski definition) is 0. The lowest BCUT2D eigenvalue weighted by atomic mass is 10.1. The summed E-state index contributed by atoms with van der Waals surface area (Å²) in [5.74, 6) is 0.00965. The van der Waals surface area contributed by atoms with Crippen LogP contribution in [0.1, 0.15) is 28.5 Å². The van der Waals surface area contributed by atoms with E-state index in [0.717, 1.165) is 22.0 Å². The van der Waals surface area contributed by atoms with Gasteiger partial charge in [0.1, 0.15) is 5.69 Å². The first-order valence-electron chi connectivity index (χ1n) is 7.83. The van der Waals surface area contributed by atoms with Gasteiger partial charge in [0.05, 0.1) is 16.7 Å². The number of aromatic nitrogens is 1. The summed E-state index contributed by atoms with van der Waals surface area (Å²) in [7, 11) is 0. The van der Waals surface area contributed by atoms with E-state index >= 15 is 0 Å². The third-order valence-corrected chi connectivity index (χ3v) is 5.02. The molecule has 0 spiro atoms. The Hall–Kier alpha value is -1.68. The first kappa shape index (κ1) is 18.1. The van der Waals surface area contributed by atoms with E-state index in [2.05, 4.69) is 0 Å². The minimum atomic E-state index is -0.362. The lowest BCUT2D eigenvalue weighted by Crippen LogP contribution is -2.12. The number of nitrogens with zero attached hydrogens (tertiary/aromatic N) is 1. The highest BCUT2D eigenvalue weighted by Gasteiger charge is 2.18. The van der Waals surface area contributed by atoms with Crippen molar-refractivity contribution < 1.29 is 9.53 Å². The fourth-order valence-corrected chi connectivity index (χ4v) is 3.38. The van der Waals surface area contributed by atoms with Crippen LogP contribution in [-0.4, -0.2) is 17.1 Å². The molecule has 0 unspecified atom stereocenters. The second-order valence-electron chi connectivity index (χ2n) is 5.57. The Balaban J connectivity index is 2.14. The first-order valence-corrected chi connectivity index (χ1v) is 9.12. The molecule has 0 saturated carbocycles. The Morgan fingerprint density at radius 2 is 1.92 bits per heavy atom. The molecule has 0 saturated heterocycles. The summed E-state index contributed by atoms with van der Waals surface area (Å²) in [5, 5.41) is 1.92. The topological polar surface area (TPSA) is 31.2 Å². The van der Waals surface area contributed by atoms with Crippen molar-refractivity contribution in [2.24, 2.45) is 0 Å². The molecule has 0 amide bonds. The molecule has 0 aliphatic carbocycles. The maximum absolute atomic E-state index is 12.4. The molecule has 130 valence electrons. The van der Waals surface area contributed by atoms with Gasteiger partial charge in [-0.2, -0.15) is 0 Å². The zero-order valence-corrected chi connectivity index (χ0v) is 15.8. The van der Waals surface area contributed by atoms with Crippen molar-refractivity contribution in [3.8, 4) is 0 Å². The quantitative estimate of drug-likeness (QED) is 0.396. The van der Waals surface area contributed by atoms with Crippen LogP contribution in [0.4, 0.5) is 0 Å². The van der Waals surface area contributed by atoms with E-state index in [-0.39, 0.29) is 5.97 Å². The maximum atomic E-state index is 12.4. The monoisotopic (exact) mass is 395 g/mol. The van der Waals surface area contributed by atoms with Gasteiger partial charge in [0.15, 0.2) is 0 Å². The normalized spacial score (nSPS) is 11.0. The first-order chi connectivity index (χ1) is 12.0. The largest absolute Gasteiger partial charge is 0.461 e. The Bertz CT molecular complexity index is 934. The van der Waals surface area contributed by atoms with Crippen LogP contribution in [0.5, 0.6) is 0 Å². The van der Waals surface area contributed by atoms with Gasteiger partial charge >= 0.3 is 5.97 Å². The van der Waals surface area contributed by atoms with Crippen LogP contribution in [0.25, 0.3) is 10.9 Å². The third-order valence-electron chi connectivity index (χ3n) is 3.99. The smallest absolute Gasteiger partial charge is 0.354 e. The van der Waals surface area contributed by atoms with Gasteiger partial charge in [0.25, 0.3) is 0 Å². The van der Waals surface area contributed by atoms with Gasteiger partial charge in [-0.15, -0.1) is 11.6 Å². The second-order valence-corrected chi connectivity index (χ2v) is 6.65. The van der Waals surface area contributed by atoms with E-state index in [4.69, 9.17) is 39.5 Å². The van der Waals surface area contributed by atoms with Gasteiger partial charge in [-0.05, 0) is 42.3 Å². The van der Waals surface area contributed by atoms with E-state index in [1.165, 1.54) is 0 Å². The van der Waals surface area contributed by atoms with Crippen molar-refractivity contribution >= 4 is 51.7 Å². The van der Waals surface area contributed by atoms with Gasteiger partial charge < -0.3 is 9.30 Å². The van der Waals surface area contributed by atoms with Gasteiger partial charge in [-0.1, -0.05) is 41.4 Å². The molecule has 25 heavy (non-hydrogen) atoms. The zero-order valence-electron chi connectivity index (χ0n) is 13.6. The predicted octanol–water partition coefficient (Wildman–Crippen LogP) is 5.91. The fraction of sp³-hybridized carbons (Fsp3) is 0.211. The number of benzene rings is 2. The summed E-state index contributed by atoms with van der Waals surface area (Å²) in [4.78, 5) is 12.4. The molecule has 0 aliphatic rings. The van der Waals surface area contributed by atoms with Crippen LogP contribution in [0.3, 0.4) is 0 Å². The van der Waals surface area contributed by atoms with Crippen LogP contribution in [0.15, 0.2) is 42.5 Å². The molecule has 2 aromatic carbocycles. The summed E-state index contributed by atoms with van der Waals surface area (Å²) in [6, 6.07) is 13.1. The molecule has 0 N–H and O–H groups in total. The summed E-state index contributed by atoms with van der Waals surface area (Å²) >= 11 is 18.2. The van der Waals surface area contributed by atoms with Crippen LogP contribution in [0, 0.1) is 0 Å². The number of carbonyl (C=O) groups excluding carboxylic acids is 1. The number of hydrogen-bond acceptors (Lipinski definition) is 2. The molecular formula is C19H16Cl3NO2. The second kappa shape index (κ2) is 7.69. The molecule has 0 aliphatic heterocycles. The van der Waals surface area contributed by atoms with Crippen molar-refractivity contribution in [3.63, 3.8) is 0 Å². The molecule has 3 nitrogen and oxygen atoms in total. The Kier molecular flexibility index (Phi) is 5.57. The molecule has 6 heteroatoms. The van der Waals surface area contributed by atoms with E-state index < -0.39 is 0 Å². The SMILES string of the molecule is CCOC(=O)c1cc2c(CCl)cccc2n1Cc1ccc(Cl)c(Cl)c1. The van der Waals surface area contributed by atoms with Crippen LogP contribution in [0.2, 0.25) is 10.0 Å². The molecule has 1 aromatic heterocycles. The molecule has 1 heterocycles. The highest BCUT2D eigenvalue weighted by atomic mass is 35.5. The van der Waals surface area contributed by atoms with E-state index in [0.29, 0.717) is 34.8 Å². The van der Waals surface area contributed by atoms with Crippen molar-refractivity contribution in [3.05, 3.63) is 69.3 Å². The van der Waals surface area contributed by atoms with Gasteiger partial charge in [-0.25, -0.2) is 4.79 Å². The maximum Gasteiger partial charge on any atom is 0.354 e. The number of halogens is 3. The van der Waals surface area contributed by atoms with E-state index in [9.17, 15) is 4.79 Å². The molecule has 0 fully saturated rings. The summed E-state index contributed by atoms with van der Waals surface area (Å²) in [5.41, 5.74) is 3.32. The predicted molar refractivity (Wildman–Crippen MR) is 103 cm³/mol. The highest BCUT2D eigenvalue weighted by molar-refractivity contribution is 6.42. The fourth-order valence-electron chi connectivity index (χ4n) is 2.83. The van der Waals surface area contributed by atoms with Crippen molar-refractivity contribution in [2.45, 2.75) is 19.3 Å². The molecular weight excluding hydrogens is 381 g/mol. The molecule has 0 bridgehead atoms. The number of carbonyl (C=O) groups is 1. The molecule has 3 rings (SSSR count). The number of fused-ring (bicyclic) bond motifs is 1.